The van der Waals surface area contributed by atoms with Crippen molar-refractivity contribution in [2.45, 2.75) is 64.4 Å². The summed E-state index contributed by atoms with van der Waals surface area (Å²) in [6.07, 6.45) is -0.269. The van der Waals surface area contributed by atoms with Gasteiger partial charge in [-0.2, -0.15) is 0 Å². The third-order valence-corrected chi connectivity index (χ3v) is 8.81. The lowest BCUT2D eigenvalue weighted by molar-refractivity contribution is -0.276. The smallest absolute Gasteiger partial charge is 0.303 e. The molecule has 2 aliphatic rings. The summed E-state index contributed by atoms with van der Waals surface area (Å²) in [5, 5.41) is 21.2. The first-order chi connectivity index (χ1) is 21.9. The number of amides is 1. The van der Waals surface area contributed by atoms with Crippen molar-refractivity contribution in [3.8, 4) is 0 Å². The Morgan fingerprint density at radius 3 is 2.11 bits per heavy atom. The number of carbonyl (C=O) groups excluding carboxylic acids is 1. The van der Waals surface area contributed by atoms with Gasteiger partial charge in [0.15, 0.2) is 6.29 Å². The molecule has 9 heteroatoms. The molecule has 0 spiro atoms. The number of aliphatic hydroxyl groups is 1. The van der Waals surface area contributed by atoms with Crippen molar-refractivity contribution >= 4 is 11.9 Å². The zero-order chi connectivity index (χ0) is 31.6. The number of rotatable bonds is 13. The van der Waals surface area contributed by atoms with Crippen LogP contribution < -0.4 is 5.32 Å². The summed E-state index contributed by atoms with van der Waals surface area (Å²) in [7, 11) is 0. The molecule has 2 saturated heterocycles. The number of nitrogens with zero attached hydrogens (tertiary/aromatic N) is 2. The number of aliphatic hydroxyl groups excluding tert-OH is 1. The maximum absolute atomic E-state index is 12.1. The van der Waals surface area contributed by atoms with Gasteiger partial charge in [-0.3, -0.25) is 19.4 Å². The minimum Gasteiger partial charge on any atom is -0.481 e. The molecule has 5 rings (SSSR count). The number of carboxylic acid groups (broad SMARTS) is 1. The first-order valence-corrected chi connectivity index (χ1v) is 15.9. The van der Waals surface area contributed by atoms with E-state index in [1.54, 1.807) is 0 Å². The van der Waals surface area contributed by atoms with Crippen LogP contribution in [0, 0.1) is 5.92 Å². The quantitative estimate of drug-likeness (QED) is 0.255. The van der Waals surface area contributed by atoms with Crippen LogP contribution in [0.3, 0.4) is 0 Å². The Labute approximate surface area is 265 Å². The number of nitrogens with one attached hydrogen (secondary N) is 1. The molecule has 2 heterocycles. The van der Waals surface area contributed by atoms with E-state index in [9.17, 15) is 14.7 Å². The second-order valence-corrected chi connectivity index (χ2v) is 12.1. The van der Waals surface area contributed by atoms with Crippen LogP contribution in [0.5, 0.6) is 0 Å². The molecule has 240 valence electrons. The van der Waals surface area contributed by atoms with Crippen LogP contribution >= 0.6 is 0 Å². The molecule has 0 aliphatic carbocycles. The van der Waals surface area contributed by atoms with E-state index < -0.39 is 12.3 Å². The lowest BCUT2D eigenvalue weighted by Crippen LogP contribution is -2.51. The minimum absolute atomic E-state index is 0.00110. The van der Waals surface area contributed by atoms with Gasteiger partial charge in [-0.05, 0) is 28.7 Å². The lowest BCUT2D eigenvalue weighted by atomic mass is 9.90. The molecule has 45 heavy (non-hydrogen) atoms. The average molecular weight is 616 g/mol. The molecule has 0 aromatic heterocycles. The topological polar surface area (TPSA) is 112 Å². The second kappa shape index (κ2) is 16.1. The SMILES string of the molecule is C[C@@H]1[C@H](CN2CCN(Cc3ccccc3)CC2)O[C@H](c2ccc(CNC(=O)CCCC(=O)O)cc2)O[C@@H]1c1ccc(CO)cc1. The summed E-state index contributed by atoms with van der Waals surface area (Å²) in [4.78, 5) is 27.8. The summed E-state index contributed by atoms with van der Waals surface area (Å²) in [5.74, 6) is -0.945. The molecule has 2 fully saturated rings. The van der Waals surface area contributed by atoms with Crippen LogP contribution in [0.1, 0.15) is 66.4 Å². The van der Waals surface area contributed by atoms with Crippen molar-refractivity contribution in [2.75, 3.05) is 32.7 Å². The molecule has 3 aromatic carbocycles. The zero-order valence-electron chi connectivity index (χ0n) is 26.0. The second-order valence-electron chi connectivity index (χ2n) is 12.1. The number of ether oxygens (including phenoxy) is 2. The van der Waals surface area contributed by atoms with E-state index in [1.165, 1.54) is 5.56 Å². The van der Waals surface area contributed by atoms with Gasteiger partial charge in [0.05, 0.1) is 18.8 Å². The molecule has 9 nitrogen and oxygen atoms in total. The zero-order valence-corrected chi connectivity index (χ0v) is 26.0. The molecule has 3 N–H and O–H groups in total. The third-order valence-electron chi connectivity index (χ3n) is 8.81. The maximum Gasteiger partial charge on any atom is 0.303 e. The van der Waals surface area contributed by atoms with Crippen molar-refractivity contribution in [2.24, 2.45) is 5.92 Å². The van der Waals surface area contributed by atoms with Gasteiger partial charge in [0.2, 0.25) is 5.91 Å². The third kappa shape index (κ3) is 9.45. The summed E-state index contributed by atoms with van der Waals surface area (Å²) in [6.45, 7) is 8.34. The van der Waals surface area contributed by atoms with Gasteiger partial charge >= 0.3 is 5.97 Å². The summed E-state index contributed by atoms with van der Waals surface area (Å²) in [5.41, 5.74) is 5.12. The number of aliphatic carboxylic acids is 1. The van der Waals surface area contributed by atoms with Crippen LogP contribution in [-0.4, -0.2) is 70.7 Å². The number of hydrogen-bond donors (Lipinski definition) is 3. The van der Waals surface area contributed by atoms with E-state index >= 15 is 0 Å². The number of piperazine rings is 1. The van der Waals surface area contributed by atoms with Gasteiger partial charge < -0.3 is 25.0 Å². The number of benzene rings is 3. The summed E-state index contributed by atoms with van der Waals surface area (Å²) >= 11 is 0. The summed E-state index contributed by atoms with van der Waals surface area (Å²) in [6, 6.07) is 26.5. The Bertz CT molecular complexity index is 1360. The van der Waals surface area contributed by atoms with Gasteiger partial charge in [0.25, 0.3) is 0 Å². The van der Waals surface area contributed by atoms with Crippen molar-refractivity contribution in [3.63, 3.8) is 0 Å². The highest BCUT2D eigenvalue weighted by Crippen LogP contribution is 2.42. The monoisotopic (exact) mass is 615 g/mol. The van der Waals surface area contributed by atoms with E-state index in [0.717, 1.165) is 61.5 Å². The fraction of sp³-hybridized carbons (Fsp3) is 0.444. The molecule has 1 amide bonds. The first kappa shape index (κ1) is 32.8. The first-order valence-electron chi connectivity index (χ1n) is 15.9. The Balaban J connectivity index is 1.22. The minimum atomic E-state index is -0.895. The van der Waals surface area contributed by atoms with Crippen LogP contribution in [0.4, 0.5) is 0 Å². The van der Waals surface area contributed by atoms with Crippen molar-refractivity contribution in [3.05, 3.63) is 107 Å². The molecule has 0 radical (unpaired) electrons. The van der Waals surface area contributed by atoms with Crippen LogP contribution in [0.2, 0.25) is 0 Å². The van der Waals surface area contributed by atoms with Gasteiger partial charge in [-0.15, -0.1) is 0 Å². The van der Waals surface area contributed by atoms with Gasteiger partial charge in [-0.25, -0.2) is 0 Å². The Morgan fingerprint density at radius 1 is 0.800 bits per heavy atom. The Morgan fingerprint density at radius 2 is 1.44 bits per heavy atom. The van der Waals surface area contributed by atoms with Crippen molar-refractivity contribution in [1.82, 2.24) is 15.1 Å². The van der Waals surface area contributed by atoms with Crippen LogP contribution in [-0.2, 0) is 38.8 Å². The Hall–Kier alpha value is -3.60. The van der Waals surface area contributed by atoms with Crippen molar-refractivity contribution < 1.29 is 29.3 Å². The number of hydrogen-bond acceptors (Lipinski definition) is 7. The molecule has 4 atom stereocenters. The lowest BCUT2D eigenvalue weighted by Gasteiger charge is -2.44. The van der Waals surface area contributed by atoms with E-state index in [4.69, 9.17) is 14.6 Å². The van der Waals surface area contributed by atoms with Gasteiger partial charge in [0.1, 0.15) is 0 Å². The largest absolute Gasteiger partial charge is 0.481 e. The predicted molar refractivity (Wildman–Crippen MR) is 171 cm³/mol. The maximum atomic E-state index is 12.1. The normalized spacial score (nSPS) is 22.6. The number of carboxylic acids is 1. The average Bonchev–Trinajstić information content (AvgIpc) is 3.06. The van der Waals surface area contributed by atoms with E-state index in [-0.39, 0.29) is 43.5 Å². The standard InChI is InChI=1S/C36H45N3O6/c1-26-32(24-39-20-18-38(19-21-39)23-28-6-3-2-4-7-28)44-36(45-35(26)30-14-12-29(25-40)13-15-30)31-16-10-27(11-17-31)22-37-33(41)8-5-9-34(42)43/h2-4,6-7,10-17,26,32,35-36,40H,5,8-9,18-25H2,1H3,(H,37,41)(H,42,43)/t26-,32+,35+,36+/m1/s1. The molecular weight excluding hydrogens is 570 g/mol. The molecule has 0 unspecified atom stereocenters. The predicted octanol–water partition coefficient (Wildman–Crippen LogP) is 4.66. The van der Waals surface area contributed by atoms with E-state index in [1.807, 2.05) is 48.5 Å². The van der Waals surface area contributed by atoms with Gasteiger partial charge in [0, 0.05) is 70.1 Å². The van der Waals surface area contributed by atoms with Gasteiger partial charge in [-0.1, -0.05) is 85.8 Å². The van der Waals surface area contributed by atoms with Crippen LogP contribution in [0.25, 0.3) is 0 Å². The fourth-order valence-electron chi connectivity index (χ4n) is 6.04. The van der Waals surface area contributed by atoms with Crippen molar-refractivity contribution in [1.29, 1.82) is 0 Å². The highest BCUT2D eigenvalue weighted by molar-refractivity contribution is 5.76. The number of carbonyl (C=O) groups is 2. The van der Waals surface area contributed by atoms with E-state index in [2.05, 4.69) is 52.4 Å². The Kier molecular flexibility index (Phi) is 11.7. The van der Waals surface area contributed by atoms with E-state index in [0.29, 0.717) is 13.0 Å². The molecular formula is C36H45N3O6. The highest BCUT2D eigenvalue weighted by atomic mass is 16.7. The molecule has 0 saturated carbocycles. The summed E-state index contributed by atoms with van der Waals surface area (Å²) < 4.78 is 13.3. The molecule has 2 aliphatic heterocycles. The fourth-order valence-corrected chi connectivity index (χ4v) is 6.04. The molecule has 0 bridgehead atoms. The molecule has 3 aromatic rings. The van der Waals surface area contributed by atoms with Crippen LogP contribution in [0.15, 0.2) is 78.9 Å². The highest BCUT2D eigenvalue weighted by Gasteiger charge is 2.39.